The Morgan fingerprint density at radius 1 is 1.45 bits per heavy atom. The molecule has 3 heteroatoms. The van der Waals surface area contributed by atoms with Crippen molar-refractivity contribution in [3.05, 3.63) is 30.2 Å². The quantitative estimate of drug-likeness (QED) is 0.565. The van der Waals surface area contributed by atoms with Gasteiger partial charge in [-0.3, -0.25) is 0 Å². The van der Waals surface area contributed by atoms with Crippen LogP contribution in [0.15, 0.2) is 29.1 Å². The van der Waals surface area contributed by atoms with Crippen LogP contribution >= 0.6 is 0 Å². The van der Waals surface area contributed by atoms with Crippen molar-refractivity contribution in [3.8, 4) is 0 Å². The van der Waals surface area contributed by atoms with Gasteiger partial charge in [-0.1, -0.05) is 0 Å². The van der Waals surface area contributed by atoms with Crippen LogP contribution in [0, 0.1) is 0 Å². The second-order valence-electron chi connectivity index (χ2n) is 2.23. The molecule has 1 aromatic rings. The molecule has 0 atom stereocenters. The standard InChI is InChI=1S/C8H6O3/c9-8-7(2-4-11-8)6-1-3-10-5-6/h1-3,5H,4H2. The number of carbonyl (C=O) groups is 1. The number of cyclic esters (lactones) is 1. The van der Waals surface area contributed by atoms with E-state index in [1.807, 2.05) is 0 Å². The molecule has 1 aromatic heterocycles. The summed E-state index contributed by atoms with van der Waals surface area (Å²) in [4.78, 5) is 10.9. The Morgan fingerprint density at radius 3 is 2.91 bits per heavy atom. The lowest BCUT2D eigenvalue weighted by Gasteiger charge is -1.91. The first-order valence-electron chi connectivity index (χ1n) is 3.28. The van der Waals surface area contributed by atoms with E-state index in [1.54, 1.807) is 12.1 Å². The van der Waals surface area contributed by atoms with E-state index in [-0.39, 0.29) is 5.97 Å². The summed E-state index contributed by atoms with van der Waals surface area (Å²) in [6.07, 6.45) is 4.80. The van der Waals surface area contributed by atoms with Crippen LogP contribution in [-0.4, -0.2) is 12.6 Å². The van der Waals surface area contributed by atoms with Crippen LogP contribution in [-0.2, 0) is 9.53 Å². The summed E-state index contributed by atoms with van der Waals surface area (Å²) in [6, 6.07) is 1.73. The Balaban J connectivity index is 2.37. The number of ether oxygens (including phenoxy) is 1. The van der Waals surface area contributed by atoms with Crippen LogP contribution in [0.1, 0.15) is 5.56 Å². The molecule has 2 heterocycles. The molecule has 0 amide bonds. The van der Waals surface area contributed by atoms with Crippen molar-refractivity contribution >= 4 is 11.5 Å². The van der Waals surface area contributed by atoms with Gasteiger partial charge in [0.05, 0.1) is 18.1 Å². The number of hydrogen-bond donors (Lipinski definition) is 0. The summed E-state index contributed by atoms with van der Waals surface area (Å²) >= 11 is 0. The third-order valence-electron chi connectivity index (χ3n) is 1.55. The molecule has 2 rings (SSSR count). The Hall–Kier alpha value is -1.51. The molecule has 1 aliphatic heterocycles. The van der Waals surface area contributed by atoms with Gasteiger partial charge in [0, 0.05) is 5.56 Å². The number of rotatable bonds is 1. The third kappa shape index (κ3) is 0.941. The Labute approximate surface area is 63.3 Å². The van der Waals surface area contributed by atoms with E-state index in [9.17, 15) is 4.79 Å². The number of furan rings is 1. The van der Waals surface area contributed by atoms with E-state index >= 15 is 0 Å². The van der Waals surface area contributed by atoms with E-state index < -0.39 is 0 Å². The fraction of sp³-hybridized carbons (Fsp3) is 0.125. The largest absolute Gasteiger partial charge is 0.472 e. The minimum absolute atomic E-state index is 0.272. The molecular weight excluding hydrogens is 144 g/mol. The first-order chi connectivity index (χ1) is 5.38. The van der Waals surface area contributed by atoms with Crippen LogP contribution in [0.4, 0.5) is 0 Å². The van der Waals surface area contributed by atoms with E-state index in [2.05, 4.69) is 0 Å². The van der Waals surface area contributed by atoms with Gasteiger partial charge in [0.2, 0.25) is 0 Å². The van der Waals surface area contributed by atoms with Crippen LogP contribution in [0.3, 0.4) is 0 Å². The van der Waals surface area contributed by atoms with Gasteiger partial charge in [-0.2, -0.15) is 0 Å². The summed E-state index contributed by atoms with van der Waals surface area (Å²) in [7, 11) is 0. The molecule has 0 aliphatic carbocycles. The SMILES string of the molecule is O=C1OCC=C1c1ccoc1. The minimum atomic E-state index is -0.272. The smallest absolute Gasteiger partial charge is 0.338 e. The highest BCUT2D eigenvalue weighted by Gasteiger charge is 2.18. The maximum absolute atomic E-state index is 10.9. The van der Waals surface area contributed by atoms with Gasteiger partial charge in [0.25, 0.3) is 0 Å². The minimum Gasteiger partial charge on any atom is -0.472 e. The average molecular weight is 150 g/mol. The van der Waals surface area contributed by atoms with Crippen LogP contribution in [0.25, 0.3) is 5.57 Å². The van der Waals surface area contributed by atoms with E-state index in [1.165, 1.54) is 12.5 Å². The lowest BCUT2D eigenvalue weighted by Crippen LogP contribution is -1.97. The van der Waals surface area contributed by atoms with E-state index in [0.717, 1.165) is 5.56 Å². The monoisotopic (exact) mass is 150 g/mol. The second-order valence-corrected chi connectivity index (χ2v) is 2.23. The van der Waals surface area contributed by atoms with Gasteiger partial charge in [-0.15, -0.1) is 0 Å². The highest BCUT2D eigenvalue weighted by atomic mass is 16.5. The molecule has 0 saturated heterocycles. The lowest BCUT2D eigenvalue weighted by atomic mass is 10.1. The lowest BCUT2D eigenvalue weighted by molar-refractivity contribution is -0.133. The van der Waals surface area contributed by atoms with Gasteiger partial charge >= 0.3 is 5.97 Å². The van der Waals surface area contributed by atoms with Crippen molar-refractivity contribution in [2.45, 2.75) is 0 Å². The molecular formula is C8H6O3. The fourth-order valence-corrected chi connectivity index (χ4v) is 1.02. The summed E-state index contributed by atoms with van der Waals surface area (Å²) in [6.45, 7) is 0.374. The molecule has 0 aromatic carbocycles. The topological polar surface area (TPSA) is 39.4 Å². The molecule has 56 valence electrons. The Bertz CT molecular complexity index is 295. The van der Waals surface area contributed by atoms with Gasteiger partial charge < -0.3 is 9.15 Å². The number of carbonyl (C=O) groups excluding carboxylic acids is 1. The molecule has 0 radical (unpaired) electrons. The average Bonchev–Trinajstić information content (AvgIpc) is 2.55. The van der Waals surface area contributed by atoms with Crippen molar-refractivity contribution in [3.63, 3.8) is 0 Å². The highest BCUT2D eigenvalue weighted by molar-refractivity contribution is 6.17. The van der Waals surface area contributed by atoms with E-state index in [0.29, 0.717) is 12.2 Å². The van der Waals surface area contributed by atoms with Crippen molar-refractivity contribution in [2.24, 2.45) is 0 Å². The molecule has 1 aliphatic rings. The molecule has 0 N–H and O–H groups in total. The first kappa shape index (κ1) is 6.22. The summed E-state index contributed by atoms with van der Waals surface area (Å²) in [5.41, 5.74) is 1.38. The highest BCUT2D eigenvalue weighted by Crippen LogP contribution is 2.19. The normalized spacial score (nSPS) is 16.4. The van der Waals surface area contributed by atoms with Crippen molar-refractivity contribution < 1.29 is 13.9 Å². The summed E-state index contributed by atoms with van der Waals surface area (Å²) in [5, 5.41) is 0. The molecule has 0 spiro atoms. The van der Waals surface area contributed by atoms with Crippen LogP contribution in [0.5, 0.6) is 0 Å². The molecule has 3 nitrogen and oxygen atoms in total. The van der Waals surface area contributed by atoms with E-state index in [4.69, 9.17) is 9.15 Å². The van der Waals surface area contributed by atoms with Crippen molar-refractivity contribution in [1.82, 2.24) is 0 Å². The van der Waals surface area contributed by atoms with Gasteiger partial charge in [0.15, 0.2) is 0 Å². The molecule has 11 heavy (non-hydrogen) atoms. The predicted molar refractivity (Wildman–Crippen MR) is 37.6 cm³/mol. The fourth-order valence-electron chi connectivity index (χ4n) is 1.02. The number of hydrogen-bond acceptors (Lipinski definition) is 3. The molecule has 0 bridgehead atoms. The molecule has 0 fully saturated rings. The number of esters is 1. The first-order valence-corrected chi connectivity index (χ1v) is 3.28. The second kappa shape index (κ2) is 2.27. The van der Waals surface area contributed by atoms with Gasteiger partial charge in [-0.25, -0.2) is 4.79 Å². The van der Waals surface area contributed by atoms with Crippen molar-refractivity contribution in [1.29, 1.82) is 0 Å². The third-order valence-corrected chi connectivity index (χ3v) is 1.55. The maximum Gasteiger partial charge on any atom is 0.338 e. The Kier molecular flexibility index (Phi) is 1.28. The van der Waals surface area contributed by atoms with Gasteiger partial charge in [0.1, 0.15) is 6.61 Å². The Morgan fingerprint density at radius 2 is 2.36 bits per heavy atom. The van der Waals surface area contributed by atoms with Crippen LogP contribution in [0.2, 0.25) is 0 Å². The molecule has 0 saturated carbocycles. The van der Waals surface area contributed by atoms with Gasteiger partial charge in [-0.05, 0) is 12.1 Å². The maximum atomic E-state index is 10.9. The summed E-state index contributed by atoms with van der Waals surface area (Å²) in [5.74, 6) is -0.272. The zero-order valence-electron chi connectivity index (χ0n) is 5.74. The van der Waals surface area contributed by atoms with Crippen LogP contribution < -0.4 is 0 Å². The predicted octanol–water partition coefficient (Wildman–Crippen LogP) is 1.22. The zero-order valence-corrected chi connectivity index (χ0v) is 5.74. The van der Waals surface area contributed by atoms with Crippen molar-refractivity contribution in [2.75, 3.05) is 6.61 Å². The summed E-state index contributed by atoms with van der Waals surface area (Å²) < 4.78 is 9.54. The molecule has 0 unspecified atom stereocenters. The zero-order chi connectivity index (χ0) is 7.68.